The maximum atomic E-state index is 4.29. The van der Waals surface area contributed by atoms with E-state index in [2.05, 4.69) is 66.1 Å². The Labute approximate surface area is 175 Å². The first-order valence-electron chi connectivity index (χ1n) is 10.5. The minimum absolute atomic E-state index is 0.183. The maximum Gasteiger partial charge on any atom is 0.196 e. The number of benzene rings is 1. The van der Waals surface area contributed by atoms with Crippen LogP contribution in [0, 0.1) is 0 Å². The molecular weight excluding hydrogens is 414 g/mol. The molecule has 0 saturated carbocycles. The van der Waals surface area contributed by atoms with Crippen molar-refractivity contribution in [3.05, 3.63) is 52.0 Å². The highest BCUT2D eigenvalue weighted by molar-refractivity contribution is 9.10. The van der Waals surface area contributed by atoms with Gasteiger partial charge in [-0.1, -0.05) is 18.2 Å². The topological polar surface area (TPSA) is 44.3 Å². The zero-order valence-corrected chi connectivity index (χ0v) is 18.1. The lowest BCUT2D eigenvalue weighted by molar-refractivity contribution is 0.108. The second kappa shape index (κ2) is 7.39. The highest BCUT2D eigenvalue weighted by atomic mass is 79.9. The van der Waals surface area contributed by atoms with Crippen molar-refractivity contribution in [2.24, 2.45) is 0 Å². The first kappa shape index (κ1) is 18.5. The summed E-state index contributed by atoms with van der Waals surface area (Å²) in [6.07, 6.45) is 8.75. The summed E-state index contributed by atoms with van der Waals surface area (Å²) in [5, 5.41) is 3.55. The van der Waals surface area contributed by atoms with E-state index in [9.17, 15) is 0 Å². The van der Waals surface area contributed by atoms with Crippen LogP contribution in [0.1, 0.15) is 42.9 Å². The average molecular weight is 442 g/mol. The molecule has 2 atom stereocenters. The van der Waals surface area contributed by atoms with Gasteiger partial charge in [-0.15, -0.1) is 0 Å². The summed E-state index contributed by atoms with van der Waals surface area (Å²) in [5.74, 6) is 0. The molecule has 0 bridgehead atoms. The van der Waals surface area contributed by atoms with Gasteiger partial charge in [-0.2, -0.15) is 0 Å². The summed E-state index contributed by atoms with van der Waals surface area (Å²) in [6.45, 7) is 7.97. The molecule has 148 valence electrons. The molecule has 2 saturated heterocycles. The zero-order chi connectivity index (χ0) is 19.1. The number of anilines is 1. The van der Waals surface area contributed by atoms with Gasteiger partial charge in [-0.25, -0.2) is 9.97 Å². The van der Waals surface area contributed by atoms with Crippen LogP contribution in [-0.4, -0.2) is 47.1 Å². The molecule has 0 unspecified atom stereocenters. The van der Waals surface area contributed by atoms with Crippen LogP contribution in [-0.2, 0) is 18.5 Å². The fourth-order valence-electron chi connectivity index (χ4n) is 5.36. The van der Waals surface area contributed by atoms with Crippen molar-refractivity contribution in [3.63, 3.8) is 0 Å². The Morgan fingerprint density at radius 3 is 2.82 bits per heavy atom. The number of nitrogens with zero attached hydrogens (tertiary/aromatic N) is 4. The number of nitrogens with one attached hydrogen (secondary N) is 1. The third-order valence-electron chi connectivity index (χ3n) is 6.98. The molecule has 1 N–H and O–H groups in total. The molecule has 5 rings (SSSR count). The van der Waals surface area contributed by atoms with Crippen LogP contribution in [0.15, 0.2) is 35.3 Å². The Morgan fingerprint density at radius 2 is 2.04 bits per heavy atom. The number of aromatic nitrogens is 2. The summed E-state index contributed by atoms with van der Waals surface area (Å²) in [4.78, 5) is 13.7. The van der Waals surface area contributed by atoms with Gasteiger partial charge in [0.15, 0.2) is 4.73 Å². The number of hydrogen-bond donors (Lipinski definition) is 1. The summed E-state index contributed by atoms with van der Waals surface area (Å²) in [6, 6.07) is 7.95. The van der Waals surface area contributed by atoms with Crippen molar-refractivity contribution in [2.75, 3.05) is 31.1 Å². The molecule has 0 aliphatic carbocycles. The smallest absolute Gasteiger partial charge is 0.196 e. The molecule has 4 heterocycles. The monoisotopic (exact) mass is 441 g/mol. The lowest BCUT2D eigenvalue weighted by atomic mass is 9.85. The summed E-state index contributed by atoms with van der Waals surface area (Å²) < 4.78 is 0.644. The fraction of sp³-hybridized carbons (Fsp3) is 0.545. The predicted molar refractivity (Wildman–Crippen MR) is 115 cm³/mol. The Kier molecular flexibility index (Phi) is 4.89. The molecule has 3 aliphatic heterocycles. The van der Waals surface area contributed by atoms with E-state index in [1.165, 1.54) is 42.5 Å². The quantitative estimate of drug-likeness (QED) is 0.738. The van der Waals surface area contributed by atoms with Crippen LogP contribution in [0.25, 0.3) is 0 Å². The Morgan fingerprint density at radius 1 is 1.18 bits per heavy atom. The second-order valence-electron chi connectivity index (χ2n) is 8.58. The van der Waals surface area contributed by atoms with E-state index in [4.69, 9.17) is 0 Å². The molecule has 0 spiro atoms. The fourth-order valence-corrected chi connectivity index (χ4v) is 5.57. The van der Waals surface area contributed by atoms with Gasteiger partial charge in [0.1, 0.15) is 0 Å². The van der Waals surface area contributed by atoms with Crippen LogP contribution < -0.4 is 10.2 Å². The van der Waals surface area contributed by atoms with Crippen molar-refractivity contribution < 1.29 is 0 Å². The molecule has 1 aromatic heterocycles. The SMILES string of the molecule is C[C@@]1(c2ccc3c(c2)CCN(c2cnc(Br)nc2)C3)CCCN1[C@H]1CCNC1. The first-order valence-corrected chi connectivity index (χ1v) is 11.2. The zero-order valence-electron chi connectivity index (χ0n) is 16.5. The summed E-state index contributed by atoms with van der Waals surface area (Å²) in [5.41, 5.74) is 5.75. The van der Waals surface area contributed by atoms with Gasteiger partial charge < -0.3 is 10.2 Å². The van der Waals surface area contributed by atoms with E-state index in [0.717, 1.165) is 38.3 Å². The van der Waals surface area contributed by atoms with Crippen LogP contribution in [0.4, 0.5) is 5.69 Å². The van der Waals surface area contributed by atoms with Crippen molar-refractivity contribution in [3.8, 4) is 0 Å². The molecule has 0 radical (unpaired) electrons. The molecule has 28 heavy (non-hydrogen) atoms. The number of fused-ring (bicyclic) bond motifs is 1. The van der Waals surface area contributed by atoms with Crippen molar-refractivity contribution in [2.45, 2.75) is 50.7 Å². The van der Waals surface area contributed by atoms with Crippen LogP contribution in [0.5, 0.6) is 0 Å². The molecule has 5 nitrogen and oxygen atoms in total. The van der Waals surface area contributed by atoms with Gasteiger partial charge in [0.2, 0.25) is 0 Å². The number of rotatable bonds is 3. The molecule has 1 aromatic carbocycles. The lowest BCUT2D eigenvalue weighted by Gasteiger charge is -2.40. The Bertz CT molecular complexity index is 849. The number of likely N-dealkylation sites (tertiary alicyclic amines) is 1. The van der Waals surface area contributed by atoms with Gasteiger partial charge in [0.25, 0.3) is 0 Å². The molecule has 3 aliphatic rings. The van der Waals surface area contributed by atoms with Gasteiger partial charge in [0, 0.05) is 31.2 Å². The van der Waals surface area contributed by atoms with Crippen LogP contribution in [0.3, 0.4) is 0 Å². The Balaban J connectivity index is 1.38. The average Bonchev–Trinajstić information content (AvgIpc) is 3.38. The largest absolute Gasteiger partial charge is 0.364 e. The highest BCUT2D eigenvalue weighted by Gasteiger charge is 2.42. The van der Waals surface area contributed by atoms with E-state index in [1.54, 1.807) is 0 Å². The summed E-state index contributed by atoms with van der Waals surface area (Å²) in [7, 11) is 0. The van der Waals surface area contributed by atoms with Gasteiger partial charge in [0.05, 0.1) is 18.1 Å². The van der Waals surface area contributed by atoms with Crippen molar-refractivity contribution in [1.29, 1.82) is 0 Å². The molecule has 2 fully saturated rings. The number of halogens is 1. The van der Waals surface area contributed by atoms with E-state index in [0.29, 0.717) is 10.8 Å². The number of hydrogen-bond acceptors (Lipinski definition) is 5. The minimum Gasteiger partial charge on any atom is -0.364 e. The molecule has 2 aromatic rings. The van der Waals surface area contributed by atoms with Gasteiger partial charge in [-0.05, 0) is 78.3 Å². The van der Waals surface area contributed by atoms with E-state index in [1.807, 2.05) is 12.4 Å². The third-order valence-corrected chi connectivity index (χ3v) is 7.39. The normalized spacial score (nSPS) is 27.9. The Hall–Kier alpha value is -1.50. The molecule has 6 heteroatoms. The van der Waals surface area contributed by atoms with Crippen LogP contribution in [0.2, 0.25) is 0 Å². The predicted octanol–water partition coefficient (Wildman–Crippen LogP) is 3.47. The summed E-state index contributed by atoms with van der Waals surface area (Å²) >= 11 is 3.32. The van der Waals surface area contributed by atoms with Crippen molar-refractivity contribution in [1.82, 2.24) is 20.2 Å². The second-order valence-corrected chi connectivity index (χ2v) is 9.29. The minimum atomic E-state index is 0.183. The van der Waals surface area contributed by atoms with E-state index >= 15 is 0 Å². The van der Waals surface area contributed by atoms with Crippen molar-refractivity contribution >= 4 is 21.6 Å². The standard InChI is InChI=1S/C22H28BrN5/c1-22(7-2-9-28(22)19-5-8-24-12-19)18-4-3-17-15-27(10-6-16(17)11-18)20-13-25-21(23)26-14-20/h3-4,11,13-14,19,24H,2,5-10,12,15H2,1H3/t19-,22-/m0/s1. The highest BCUT2D eigenvalue weighted by Crippen LogP contribution is 2.42. The van der Waals surface area contributed by atoms with E-state index in [-0.39, 0.29) is 5.54 Å². The lowest BCUT2D eigenvalue weighted by Crippen LogP contribution is -2.46. The molecule has 0 amide bonds. The van der Waals surface area contributed by atoms with Crippen LogP contribution >= 0.6 is 15.9 Å². The van der Waals surface area contributed by atoms with E-state index < -0.39 is 0 Å². The first-order chi connectivity index (χ1) is 13.6. The van der Waals surface area contributed by atoms with Gasteiger partial charge >= 0.3 is 0 Å². The maximum absolute atomic E-state index is 4.29. The van der Waals surface area contributed by atoms with Gasteiger partial charge in [-0.3, -0.25) is 4.90 Å². The molecular formula is C22H28BrN5. The third kappa shape index (κ3) is 3.25.